The quantitative estimate of drug-likeness (QED) is 0.408. The van der Waals surface area contributed by atoms with Crippen LogP contribution in [0, 0.1) is 6.92 Å². The minimum atomic E-state index is -3.74. The van der Waals surface area contributed by atoms with Crippen LogP contribution in [0.15, 0.2) is 76.7 Å². The molecule has 0 heterocycles. The first-order chi connectivity index (χ1) is 14.4. The summed E-state index contributed by atoms with van der Waals surface area (Å²) >= 11 is 6.17. The van der Waals surface area contributed by atoms with E-state index in [-0.39, 0.29) is 11.5 Å². The van der Waals surface area contributed by atoms with Crippen LogP contribution in [0.4, 0.5) is 0 Å². The van der Waals surface area contributed by atoms with E-state index in [4.69, 9.17) is 21.1 Å². The Hall–Kier alpha value is -3.03. The first kappa shape index (κ1) is 21.7. The Labute approximate surface area is 181 Å². The number of sulfonamides is 1. The number of hydrogen-bond donors (Lipinski definition) is 1. The van der Waals surface area contributed by atoms with Crippen LogP contribution in [0.1, 0.15) is 16.7 Å². The van der Waals surface area contributed by atoms with Gasteiger partial charge in [0, 0.05) is 10.6 Å². The SMILES string of the molecule is COc1ccc(C=NNS(=O)(=O)c2ccc(C)cc2)cc1OCc1ccccc1Cl. The van der Waals surface area contributed by atoms with E-state index >= 15 is 0 Å². The summed E-state index contributed by atoms with van der Waals surface area (Å²) in [6.45, 7) is 2.15. The van der Waals surface area contributed by atoms with E-state index in [0.717, 1.165) is 11.1 Å². The van der Waals surface area contributed by atoms with Gasteiger partial charge in [-0.2, -0.15) is 13.5 Å². The lowest BCUT2D eigenvalue weighted by atomic mass is 10.2. The van der Waals surface area contributed by atoms with Gasteiger partial charge in [0.05, 0.1) is 18.2 Å². The summed E-state index contributed by atoms with van der Waals surface area (Å²) in [4.78, 5) is 2.35. The highest BCUT2D eigenvalue weighted by Crippen LogP contribution is 2.29. The number of aryl methyl sites for hydroxylation is 1. The number of hydrazone groups is 1. The Bertz CT molecular complexity index is 1150. The third-order valence-corrected chi connectivity index (χ3v) is 5.85. The van der Waals surface area contributed by atoms with Crippen molar-refractivity contribution in [2.24, 2.45) is 5.10 Å². The molecule has 0 radical (unpaired) electrons. The molecule has 1 N–H and O–H groups in total. The molecular formula is C22H21ClN2O4S. The lowest BCUT2D eigenvalue weighted by Crippen LogP contribution is -2.18. The standard InChI is InChI=1S/C22H21ClN2O4S/c1-16-7-10-19(11-8-16)30(26,27)25-24-14-17-9-12-21(28-2)22(13-17)29-15-18-5-3-4-6-20(18)23/h3-14,25H,15H2,1-2H3. The summed E-state index contributed by atoms with van der Waals surface area (Å²) in [5.74, 6) is 1.03. The molecule has 0 aliphatic carbocycles. The minimum absolute atomic E-state index is 0.142. The predicted molar refractivity (Wildman–Crippen MR) is 118 cm³/mol. The fraction of sp³-hybridized carbons (Fsp3) is 0.136. The molecule has 0 fully saturated rings. The number of nitrogens with one attached hydrogen (secondary N) is 1. The van der Waals surface area contributed by atoms with Crippen LogP contribution >= 0.6 is 11.6 Å². The Morgan fingerprint density at radius 1 is 1.03 bits per heavy atom. The molecule has 3 aromatic rings. The maximum absolute atomic E-state index is 12.3. The van der Waals surface area contributed by atoms with Crippen molar-refractivity contribution in [2.75, 3.05) is 7.11 Å². The summed E-state index contributed by atoms with van der Waals surface area (Å²) in [6, 6.07) is 19.1. The molecule has 0 bridgehead atoms. The van der Waals surface area contributed by atoms with Gasteiger partial charge in [0.25, 0.3) is 10.0 Å². The monoisotopic (exact) mass is 444 g/mol. The van der Waals surface area contributed by atoms with Gasteiger partial charge in [0.2, 0.25) is 0 Å². The summed E-state index contributed by atoms with van der Waals surface area (Å²) in [5.41, 5.74) is 2.45. The van der Waals surface area contributed by atoms with Gasteiger partial charge >= 0.3 is 0 Å². The maximum Gasteiger partial charge on any atom is 0.276 e. The van der Waals surface area contributed by atoms with Gasteiger partial charge in [-0.15, -0.1) is 0 Å². The van der Waals surface area contributed by atoms with Crippen LogP contribution in [0.25, 0.3) is 0 Å². The number of benzene rings is 3. The zero-order valence-electron chi connectivity index (χ0n) is 16.5. The maximum atomic E-state index is 12.3. The third-order valence-electron chi connectivity index (χ3n) is 4.25. The van der Waals surface area contributed by atoms with Gasteiger partial charge in [-0.1, -0.05) is 47.5 Å². The van der Waals surface area contributed by atoms with Crippen LogP contribution in [0.2, 0.25) is 5.02 Å². The summed E-state index contributed by atoms with van der Waals surface area (Å²) in [5, 5.41) is 4.47. The molecule has 0 saturated heterocycles. The molecule has 0 atom stereocenters. The normalized spacial score (nSPS) is 11.4. The second-order valence-corrected chi connectivity index (χ2v) is 8.52. The van der Waals surface area contributed by atoms with E-state index in [2.05, 4.69) is 9.93 Å². The first-order valence-corrected chi connectivity index (χ1v) is 10.9. The van der Waals surface area contributed by atoms with Gasteiger partial charge in [-0.25, -0.2) is 4.83 Å². The number of ether oxygens (including phenoxy) is 2. The van der Waals surface area contributed by atoms with Crippen molar-refractivity contribution in [2.45, 2.75) is 18.4 Å². The van der Waals surface area contributed by atoms with Crippen molar-refractivity contribution in [3.05, 3.63) is 88.4 Å². The molecule has 0 spiro atoms. The smallest absolute Gasteiger partial charge is 0.276 e. The Kier molecular flexibility index (Phi) is 6.97. The first-order valence-electron chi connectivity index (χ1n) is 9.05. The Morgan fingerprint density at radius 3 is 2.47 bits per heavy atom. The van der Waals surface area contributed by atoms with Crippen LogP contribution in [0.3, 0.4) is 0 Å². The third kappa shape index (κ3) is 5.52. The lowest BCUT2D eigenvalue weighted by molar-refractivity contribution is 0.284. The molecule has 0 aliphatic rings. The molecular weight excluding hydrogens is 424 g/mol. The summed E-state index contributed by atoms with van der Waals surface area (Å²) in [6.07, 6.45) is 1.40. The summed E-state index contributed by atoms with van der Waals surface area (Å²) in [7, 11) is -2.20. The van der Waals surface area contributed by atoms with E-state index in [9.17, 15) is 8.42 Å². The number of nitrogens with zero attached hydrogens (tertiary/aromatic N) is 1. The predicted octanol–water partition coefficient (Wildman–Crippen LogP) is 4.55. The molecule has 30 heavy (non-hydrogen) atoms. The topological polar surface area (TPSA) is 77.0 Å². The van der Waals surface area contributed by atoms with Crippen LogP contribution in [-0.4, -0.2) is 21.7 Å². The highest BCUT2D eigenvalue weighted by Gasteiger charge is 2.12. The molecule has 0 aromatic heterocycles. The van der Waals surface area contributed by atoms with Crippen molar-refractivity contribution in [1.29, 1.82) is 0 Å². The van der Waals surface area contributed by atoms with Crippen molar-refractivity contribution in [1.82, 2.24) is 4.83 Å². The largest absolute Gasteiger partial charge is 0.493 e. The number of hydrogen-bond acceptors (Lipinski definition) is 5. The van der Waals surface area contributed by atoms with Gasteiger partial charge < -0.3 is 9.47 Å². The lowest BCUT2D eigenvalue weighted by Gasteiger charge is -2.12. The molecule has 8 heteroatoms. The van der Waals surface area contributed by atoms with Crippen LogP contribution in [0.5, 0.6) is 11.5 Å². The van der Waals surface area contributed by atoms with E-state index in [1.165, 1.54) is 18.3 Å². The highest BCUT2D eigenvalue weighted by atomic mass is 35.5. The molecule has 6 nitrogen and oxygen atoms in total. The van der Waals surface area contributed by atoms with Gasteiger partial charge in [0.15, 0.2) is 11.5 Å². The summed E-state index contributed by atoms with van der Waals surface area (Å²) < 4.78 is 35.8. The van der Waals surface area contributed by atoms with Crippen molar-refractivity contribution < 1.29 is 17.9 Å². The van der Waals surface area contributed by atoms with Crippen LogP contribution in [-0.2, 0) is 16.6 Å². The van der Waals surface area contributed by atoms with Crippen molar-refractivity contribution in [3.8, 4) is 11.5 Å². The number of rotatable bonds is 8. The molecule has 0 unspecified atom stereocenters. The van der Waals surface area contributed by atoms with E-state index in [0.29, 0.717) is 22.1 Å². The zero-order valence-corrected chi connectivity index (χ0v) is 18.1. The van der Waals surface area contributed by atoms with Gasteiger partial charge in [-0.05, 0) is 48.9 Å². The zero-order chi connectivity index (χ0) is 21.6. The van der Waals surface area contributed by atoms with Crippen molar-refractivity contribution in [3.63, 3.8) is 0 Å². The second-order valence-electron chi connectivity index (χ2n) is 6.46. The average molecular weight is 445 g/mol. The number of methoxy groups -OCH3 is 1. The molecule has 0 amide bonds. The molecule has 3 aromatic carbocycles. The molecule has 3 rings (SSSR count). The van der Waals surface area contributed by atoms with E-state index in [1.54, 1.807) is 43.5 Å². The Balaban J connectivity index is 1.72. The number of halogens is 1. The Morgan fingerprint density at radius 2 is 1.77 bits per heavy atom. The van der Waals surface area contributed by atoms with Gasteiger partial charge in [0.1, 0.15) is 6.61 Å². The average Bonchev–Trinajstić information content (AvgIpc) is 2.73. The highest BCUT2D eigenvalue weighted by molar-refractivity contribution is 7.89. The van der Waals surface area contributed by atoms with E-state index in [1.807, 2.05) is 25.1 Å². The van der Waals surface area contributed by atoms with Crippen LogP contribution < -0.4 is 14.3 Å². The van der Waals surface area contributed by atoms with Crippen molar-refractivity contribution >= 4 is 27.8 Å². The fourth-order valence-electron chi connectivity index (χ4n) is 2.60. The van der Waals surface area contributed by atoms with Gasteiger partial charge in [-0.3, -0.25) is 0 Å². The molecule has 0 aliphatic heterocycles. The fourth-order valence-corrected chi connectivity index (χ4v) is 3.58. The second kappa shape index (κ2) is 9.65. The molecule has 156 valence electrons. The van der Waals surface area contributed by atoms with E-state index < -0.39 is 10.0 Å². The molecule has 0 saturated carbocycles. The minimum Gasteiger partial charge on any atom is -0.493 e.